The summed E-state index contributed by atoms with van der Waals surface area (Å²) in [6.07, 6.45) is 7.43. The number of fused-ring (bicyclic) bond motifs is 1. The van der Waals surface area contributed by atoms with Gasteiger partial charge in [-0.2, -0.15) is 0 Å². The fraction of sp³-hybridized carbons (Fsp3) is 0.273. The van der Waals surface area contributed by atoms with Crippen LogP contribution in [0.5, 0.6) is 0 Å². The maximum Gasteiger partial charge on any atom is 0.276 e. The van der Waals surface area contributed by atoms with Crippen LogP contribution in [0.1, 0.15) is 40.4 Å². The average Bonchev–Trinajstić information content (AvgIpc) is 3.42. The molecule has 0 radical (unpaired) electrons. The van der Waals surface area contributed by atoms with Crippen LogP contribution in [-0.2, 0) is 0 Å². The lowest BCUT2D eigenvalue weighted by atomic mass is 9.89. The zero-order valence-corrected chi connectivity index (χ0v) is 16.2. The molecule has 0 saturated carbocycles. The van der Waals surface area contributed by atoms with Gasteiger partial charge in [-0.05, 0) is 55.5 Å². The standard InChI is InChI=1S/C22H22N6O/c1-15-4-6-17(7-5-15)28-14-20(25-26-28)22(29)27-11-8-16(9-12-27)19-13-24-21-18(19)3-2-10-23-21/h2-7,10,13-14,16H,8-9,11-12H2,1H3,(H,23,24). The summed E-state index contributed by atoms with van der Waals surface area (Å²) in [5, 5.41) is 9.42. The molecule has 5 rings (SSSR count). The molecular weight excluding hydrogens is 364 g/mol. The smallest absolute Gasteiger partial charge is 0.276 e. The Morgan fingerprint density at radius 2 is 1.93 bits per heavy atom. The molecule has 1 N–H and O–H groups in total. The zero-order valence-electron chi connectivity index (χ0n) is 16.2. The van der Waals surface area contributed by atoms with E-state index in [1.165, 1.54) is 16.5 Å². The van der Waals surface area contributed by atoms with Crippen LogP contribution in [0.2, 0.25) is 0 Å². The van der Waals surface area contributed by atoms with E-state index in [9.17, 15) is 4.79 Å². The summed E-state index contributed by atoms with van der Waals surface area (Å²) in [5.41, 5.74) is 4.69. The average molecular weight is 386 g/mol. The third kappa shape index (κ3) is 3.29. The fourth-order valence-electron chi connectivity index (χ4n) is 4.06. The predicted octanol–water partition coefficient (Wildman–Crippen LogP) is 3.47. The Balaban J connectivity index is 1.27. The number of piperidine rings is 1. The molecule has 4 heterocycles. The number of aromatic amines is 1. The van der Waals surface area contributed by atoms with Gasteiger partial charge < -0.3 is 9.88 Å². The minimum absolute atomic E-state index is 0.0533. The molecule has 7 heteroatoms. The molecule has 1 aromatic carbocycles. The first-order chi connectivity index (χ1) is 14.2. The van der Waals surface area contributed by atoms with Gasteiger partial charge in [-0.3, -0.25) is 4.79 Å². The Kier molecular flexibility index (Phi) is 4.35. The molecule has 0 bridgehead atoms. The van der Waals surface area contributed by atoms with Gasteiger partial charge in [0.25, 0.3) is 5.91 Å². The highest BCUT2D eigenvalue weighted by molar-refractivity contribution is 5.92. The fourth-order valence-corrected chi connectivity index (χ4v) is 4.06. The topological polar surface area (TPSA) is 79.7 Å². The van der Waals surface area contributed by atoms with Gasteiger partial charge >= 0.3 is 0 Å². The lowest BCUT2D eigenvalue weighted by molar-refractivity contribution is 0.0707. The Morgan fingerprint density at radius 1 is 1.14 bits per heavy atom. The first-order valence-electron chi connectivity index (χ1n) is 9.90. The number of carbonyl (C=O) groups is 1. The van der Waals surface area contributed by atoms with Crippen LogP contribution in [0.3, 0.4) is 0 Å². The molecule has 1 aliphatic heterocycles. The number of carbonyl (C=O) groups excluding carboxylic acids is 1. The van der Waals surface area contributed by atoms with Crippen LogP contribution in [-0.4, -0.2) is 48.9 Å². The number of hydrogen-bond acceptors (Lipinski definition) is 4. The van der Waals surface area contributed by atoms with Crippen LogP contribution >= 0.6 is 0 Å². The Morgan fingerprint density at radius 3 is 2.72 bits per heavy atom. The van der Waals surface area contributed by atoms with E-state index in [1.807, 2.05) is 42.2 Å². The molecule has 0 aliphatic carbocycles. The van der Waals surface area contributed by atoms with Gasteiger partial charge in [-0.1, -0.05) is 22.9 Å². The van der Waals surface area contributed by atoms with Crippen molar-refractivity contribution in [2.24, 2.45) is 0 Å². The normalized spacial score (nSPS) is 15.1. The number of nitrogens with zero attached hydrogens (tertiary/aromatic N) is 5. The highest BCUT2D eigenvalue weighted by Crippen LogP contribution is 2.32. The molecule has 7 nitrogen and oxygen atoms in total. The van der Waals surface area contributed by atoms with E-state index < -0.39 is 0 Å². The lowest BCUT2D eigenvalue weighted by Gasteiger charge is -2.31. The van der Waals surface area contributed by atoms with Crippen LogP contribution < -0.4 is 0 Å². The van der Waals surface area contributed by atoms with Crippen LogP contribution in [0.25, 0.3) is 16.7 Å². The van der Waals surface area contributed by atoms with Gasteiger partial charge in [0.2, 0.25) is 0 Å². The highest BCUT2D eigenvalue weighted by Gasteiger charge is 2.27. The largest absolute Gasteiger partial charge is 0.346 e. The monoisotopic (exact) mass is 386 g/mol. The van der Waals surface area contributed by atoms with Gasteiger partial charge in [-0.15, -0.1) is 5.10 Å². The second kappa shape index (κ2) is 7.16. The number of hydrogen-bond donors (Lipinski definition) is 1. The molecule has 29 heavy (non-hydrogen) atoms. The van der Waals surface area contributed by atoms with Crippen molar-refractivity contribution >= 4 is 16.9 Å². The number of benzene rings is 1. The van der Waals surface area contributed by atoms with Crippen LogP contribution in [0.15, 0.2) is 55.0 Å². The molecule has 1 saturated heterocycles. The maximum absolute atomic E-state index is 12.9. The Hall–Kier alpha value is -3.48. The number of pyridine rings is 1. The molecule has 0 spiro atoms. The van der Waals surface area contributed by atoms with E-state index in [0.29, 0.717) is 24.7 Å². The number of nitrogens with one attached hydrogen (secondary N) is 1. The van der Waals surface area contributed by atoms with Crippen molar-refractivity contribution in [1.82, 2.24) is 29.9 Å². The third-order valence-electron chi connectivity index (χ3n) is 5.72. The molecular formula is C22H22N6O. The second-order valence-corrected chi connectivity index (χ2v) is 7.59. The van der Waals surface area contributed by atoms with Crippen molar-refractivity contribution in [3.63, 3.8) is 0 Å². The zero-order chi connectivity index (χ0) is 19.8. The van der Waals surface area contributed by atoms with Gasteiger partial charge in [0, 0.05) is 30.9 Å². The molecule has 0 unspecified atom stereocenters. The summed E-state index contributed by atoms with van der Waals surface area (Å²) in [4.78, 5) is 22.4. The van der Waals surface area contributed by atoms with E-state index in [-0.39, 0.29) is 5.91 Å². The van der Waals surface area contributed by atoms with Crippen molar-refractivity contribution in [3.05, 3.63) is 71.8 Å². The molecule has 146 valence electrons. The predicted molar refractivity (Wildman–Crippen MR) is 110 cm³/mol. The van der Waals surface area contributed by atoms with Gasteiger partial charge in [0.05, 0.1) is 11.9 Å². The summed E-state index contributed by atoms with van der Waals surface area (Å²) >= 11 is 0. The lowest BCUT2D eigenvalue weighted by Crippen LogP contribution is -2.38. The van der Waals surface area contributed by atoms with Crippen LogP contribution in [0, 0.1) is 6.92 Å². The molecule has 1 fully saturated rings. The number of aryl methyl sites for hydroxylation is 1. The molecule has 1 aliphatic rings. The van der Waals surface area contributed by atoms with Crippen molar-refractivity contribution in [1.29, 1.82) is 0 Å². The van der Waals surface area contributed by atoms with E-state index in [4.69, 9.17) is 0 Å². The van der Waals surface area contributed by atoms with Crippen molar-refractivity contribution in [2.75, 3.05) is 13.1 Å². The summed E-state index contributed by atoms with van der Waals surface area (Å²) in [6, 6.07) is 12.1. The summed E-state index contributed by atoms with van der Waals surface area (Å²) in [7, 11) is 0. The summed E-state index contributed by atoms with van der Waals surface area (Å²) < 4.78 is 1.65. The Labute approximate surface area is 168 Å². The number of H-pyrrole nitrogens is 1. The maximum atomic E-state index is 12.9. The molecule has 1 amide bonds. The second-order valence-electron chi connectivity index (χ2n) is 7.59. The highest BCUT2D eigenvalue weighted by atomic mass is 16.2. The van der Waals surface area contributed by atoms with E-state index in [0.717, 1.165) is 24.2 Å². The molecule has 0 atom stereocenters. The van der Waals surface area contributed by atoms with Crippen molar-refractivity contribution in [3.8, 4) is 5.69 Å². The van der Waals surface area contributed by atoms with Gasteiger partial charge in [-0.25, -0.2) is 9.67 Å². The summed E-state index contributed by atoms with van der Waals surface area (Å²) in [6.45, 7) is 3.47. The Bertz CT molecular complexity index is 1150. The minimum Gasteiger partial charge on any atom is -0.346 e. The SMILES string of the molecule is Cc1ccc(-n2cc(C(=O)N3CCC(c4c[nH]c5ncccc45)CC3)nn2)cc1. The first-order valence-corrected chi connectivity index (χ1v) is 9.90. The van der Waals surface area contributed by atoms with Crippen LogP contribution in [0.4, 0.5) is 0 Å². The quantitative estimate of drug-likeness (QED) is 0.585. The van der Waals surface area contributed by atoms with Gasteiger partial charge in [0.15, 0.2) is 5.69 Å². The first kappa shape index (κ1) is 17.6. The van der Waals surface area contributed by atoms with Crippen molar-refractivity contribution in [2.45, 2.75) is 25.7 Å². The molecule has 3 aromatic heterocycles. The number of rotatable bonds is 3. The van der Waals surface area contributed by atoms with E-state index in [2.05, 4.69) is 32.5 Å². The minimum atomic E-state index is -0.0533. The number of aromatic nitrogens is 5. The number of amides is 1. The van der Waals surface area contributed by atoms with Gasteiger partial charge in [0.1, 0.15) is 5.65 Å². The van der Waals surface area contributed by atoms with Crippen molar-refractivity contribution < 1.29 is 4.79 Å². The summed E-state index contributed by atoms with van der Waals surface area (Å²) in [5.74, 6) is 0.377. The third-order valence-corrected chi connectivity index (χ3v) is 5.72. The molecule has 4 aromatic rings. The van der Waals surface area contributed by atoms with E-state index in [1.54, 1.807) is 17.1 Å². The van der Waals surface area contributed by atoms with E-state index >= 15 is 0 Å². The number of likely N-dealkylation sites (tertiary alicyclic amines) is 1.